The van der Waals surface area contributed by atoms with E-state index < -0.39 is 0 Å². The van der Waals surface area contributed by atoms with Crippen molar-refractivity contribution < 1.29 is 4.79 Å². The molecule has 2 N–H and O–H groups in total. The lowest BCUT2D eigenvalue weighted by atomic mass is 9.83. The highest BCUT2D eigenvalue weighted by Crippen LogP contribution is 2.30. The third kappa shape index (κ3) is 2.17. The molecule has 1 aliphatic heterocycles. The summed E-state index contributed by atoms with van der Waals surface area (Å²) in [7, 11) is 0. The zero-order valence-electron chi connectivity index (χ0n) is 9.61. The summed E-state index contributed by atoms with van der Waals surface area (Å²) in [5, 5.41) is 0. The largest absolute Gasteiger partial charge is 0.338 e. The van der Waals surface area contributed by atoms with Crippen molar-refractivity contribution in [1.29, 1.82) is 0 Å². The SMILES string of the molecule is CC1CCCCC1N1CCCC(N)C1=O. The van der Waals surface area contributed by atoms with Gasteiger partial charge in [0.1, 0.15) is 0 Å². The summed E-state index contributed by atoms with van der Waals surface area (Å²) in [4.78, 5) is 14.0. The molecule has 0 bridgehead atoms. The van der Waals surface area contributed by atoms with Gasteiger partial charge < -0.3 is 10.6 Å². The molecule has 3 nitrogen and oxygen atoms in total. The van der Waals surface area contributed by atoms with E-state index in [0.29, 0.717) is 12.0 Å². The van der Waals surface area contributed by atoms with E-state index in [9.17, 15) is 4.79 Å². The van der Waals surface area contributed by atoms with E-state index in [1.807, 2.05) is 0 Å². The average molecular weight is 210 g/mol. The highest BCUT2D eigenvalue weighted by Gasteiger charge is 2.34. The predicted molar refractivity (Wildman–Crippen MR) is 60.3 cm³/mol. The monoisotopic (exact) mass is 210 g/mol. The van der Waals surface area contributed by atoms with Crippen LogP contribution in [0.25, 0.3) is 0 Å². The Labute approximate surface area is 92.0 Å². The lowest BCUT2D eigenvalue weighted by molar-refractivity contribution is -0.139. The fourth-order valence-corrected chi connectivity index (χ4v) is 3.02. The van der Waals surface area contributed by atoms with Crippen molar-refractivity contribution in [2.24, 2.45) is 11.7 Å². The molecule has 1 saturated carbocycles. The summed E-state index contributed by atoms with van der Waals surface area (Å²) >= 11 is 0. The number of piperidine rings is 1. The van der Waals surface area contributed by atoms with Crippen LogP contribution in [0.5, 0.6) is 0 Å². The minimum absolute atomic E-state index is 0.194. The van der Waals surface area contributed by atoms with Gasteiger partial charge in [0.15, 0.2) is 0 Å². The zero-order valence-corrected chi connectivity index (χ0v) is 9.61. The van der Waals surface area contributed by atoms with E-state index in [-0.39, 0.29) is 11.9 Å². The highest BCUT2D eigenvalue weighted by molar-refractivity contribution is 5.82. The number of carbonyl (C=O) groups is 1. The molecule has 86 valence electrons. The molecule has 0 aromatic carbocycles. The van der Waals surface area contributed by atoms with Crippen molar-refractivity contribution in [1.82, 2.24) is 4.90 Å². The van der Waals surface area contributed by atoms with Gasteiger partial charge in [-0.15, -0.1) is 0 Å². The number of rotatable bonds is 1. The van der Waals surface area contributed by atoms with Crippen molar-refractivity contribution >= 4 is 5.91 Å². The molecule has 15 heavy (non-hydrogen) atoms. The predicted octanol–water partition coefficient (Wildman–Crippen LogP) is 1.51. The van der Waals surface area contributed by atoms with Crippen molar-refractivity contribution in [3.63, 3.8) is 0 Å². The number of hydrogen-bond donors (Lipinski definition) is 1. The van der Waals surface area contributed by atoms with Crippen LogP contribution in [0.2, 0.25) is 0 Å². The fourth-order valence-electron chi connectivity index (χ4n) is 3.02. The van der Waals surface area contributed by atoms with Crippen LogP contribution in [-0.4, -0.2) is 29.4 Å². The molecular formula is C12H22N2O. The Hall–Kier alpha value is -0.570. The second-order valence-corrected chi connectivity index (χ2v) is 5.11. The molecule has 2 aliphatic rings. The molecule has 2 rings (SSSR count). The molecule has 0 aromatic heterocycles. The molecule has 0 aromatic rings. The Morgan fingerprint density at radius 1 is 1.20 bits per heavy atom. The minimum atomic E-state index is -0.229. The number of likely N-dealkylation sites (tertiary alicyclic amines) is 1. The number of hydrogen-bond acceptors (Lipinski definition) is 2. The van der Waals surface area contributed by atoms with Crippen LogP contribution >= 0.6 is 0 Å². The number of nitrogens with zero attached hydrogens (tertiary/aromatic N) is 1. The fraction of sp³-hybridized carbons (Fsp3) is 0.917. The van der Waals surface area contributed by atoms with E-state index in [1.165, 1.54) is 25.7 Å². The Morgan fingerprint density at radius 3 is 2.67 bits per heavy atom. The molecule has 0 spiro atoms. The summed E-state index contributed by atoms with van der Waals surface area (Å²) in [6, 6.07) is 0.241. The van der Waals surface area contributed by atoms with Crippen molar-refractivity contribution in [3.05, 3.63) is 0 Å². The molecule has 1 saturated heterocycles. The number of amides is 1. The van der Waals surface area contributed by atoms with E-state index in [4.69, 9.17) is 5.73 Å². The van der Waals surface area contributed by atoms with E-state index in [0.717, 1.165) is 19.4 Å². The first-order chi connectivity index (χ1) is 7.20. The maximum absolute atomic E-state index is 12.0. The second kappa shape index (κ2) is 4.52. The van der Waals surface area contributed by atoms with Gasteiger partial charge in [0.05, 0.1) is 6.04 Å². The van der Waals surface area contributed by atoms with Gasteiger partial charge in [0.2, 0.25) is 5.91 Å². The Kier molecular flexibility index (Phi) is 3.29. The van der Waals surface area contributed by atoms with Gasteiger partial charge in [-0.25, -0.2) is 0 Å². The Morgan fingerprint density at radius 2 is 1.93 bits per heavy atom. The smallest absolute Gasteiger partial charge is 0.239 e. The van der Waals surface area contributed by atoms with Crippen LogP contribution in [0.1, 0.15) is 45.4 Å². The van der Waals surface area contributed by atoms with Gasteiger partial charge in [-0.05, 0) is 31.6 Å². The van der Waals surface area contributed by atoms with E-state index >= 15 is 0 Å². The van der Waals surface area contributed by atoms with Gasteiger partial charge in [0.25, 0.3) is 0 Å². The van der Waals surface area contributed by atoms with Crippen LogP contribution < -0.4 is 5.73 Å². The standard InChI is InChI=1S/C12H22N2O/c1-9-5-2-3-7-11(9)14-8-4-6-10(13)12(14)15/h9-11H,2-8,13H2,1H3. The summed E-state index contributed by atoms with van der Waals surface area (Å²) < 4.78 is 0. The van der Waals surface area contributed by atoms with E-state index in [1.54, 1.807) is 0 Å². The maximum Gasteiger partial charge on any atom is 0.239 e. The van der Waals surface area contributed by atoms with Gasteiger partial charge in [-0.3, -0.25) is 4.79 Å². The van der Waals surface area contributed by atoms with Gasteiger partial charge in [-0.1, -0.05) is 19.8 Å². The molecular weight excluding hydrogens is 188 g/mol. The first kappa shape index (κ1) is 10.9. The molecule has 3 unspecified atom stereocenters. The van der Waals surface area contributed by atoms with Crippen LogP contribution in [0.4, 0.5) is 0 Å². The Balaban J connectivity index is 2.04. The van der Waals surface area contributed by atoms with Crippen LogP contribution in [0, 0.1) is 5.92 Å². The molecule has 0 radical (unpaired) electrons. The molecule has 3 atom stereocenters. The van der Waals surface area contributed by atoms with Crippen LogP contribution in [0.15, 0.2) is 0 Å². The van der Waals surface area contributed by atoms with Crippen molar-refractivity contribution in [3.8, 4) is 0 Å². The summed E-state index contributed by atoms with van der Waals surface area (Å²) in [5.74, 6) is 0.855. The van der Waals surface area contributed by atoms with Crippen LogP contribution in [-0.2, 0) is 4.79 Å². The second-order valence-electron chi connectivity index (χ2n) is 5.11. The summed E-state index contributed by atoms with van der Waals surface area (Å²) in [5.41, 5.74) is 5.83. The van der Waals surface area contributed by atoms with Crippen LogP contribution in [0.3, 0.4) is 0 Å². The molecule has 3 heteroatoms. The first-order valence-electron chi connectivity index (χ1n) is 6.26. The topological polar surface area (TPSA) is 46.3 Å². The minimum Gasteiger partial charge on any atom is -0.338 e. The molecule has 2 fully saturated rings. The number of nitrogens with two attached hydrogens (primary N) is 1. The van der Waals surface area contributed by atoms with E-state index in [2.05, 4.69) is 11.8 Å². The maximum atomic E-state index is 12.0. The summed E-state index contributed by atoms with van der Waals surface area (Å²) in [6.07, 6.45) is 7.00. The van der Waals surface area contributed by atoms with Gasteiger partial charge in [-0.2, -0.15) is 0 Å². The third-order valence-electron chi connectivity index (χ3n) is 3.98. The number of carbonyl (C=O) groups excluding carboxylic acids is 1. The normalized spacial score (nSPS) is 38.1. The van der Waals surface area contributed by atoms with Crippen molar-refractivity contribution in [2.45, 2.75) is 57.5 Å². The quantitative estimate of drug-likeness (QED) is 0.713. The molecule has 1 amide bonds. The van der Waals surface area contributed by atoms with Gasteiger partial charge in [0, 0.05) is 12.6 Å². The van der Waals surface area contributed by atoms with Gasteiger partial charge >= 0.3 is 0 Å². The average Bonchev–Trinajstić information content (AvgIpc) is 2.23. The summed E-state index contributed by atoms with van der Waals surface area (Å²) in [6.45, 7) is 3.21. The molecule has 1 heterocycles. The Bertz CT molecular complexity index is 242. The molecule has 1 aliphatic carbocycles. The lowest BCUT2D eigenvalue weighted by Gasteiger charge is -2.42. The highest BCUT2D eigenvalue weighted by atomic mass is 16.2. The van der Waals surface area contributed by atoms with Crippen molar-refractivity contribution in [2.75, 3.05) is 6.54 Å². The first-order valence-corrected chi connectivity index (χ1v) is 6.26. The zero-order chi connectivity index (χ0) is 10.8. The third-order valence-corrected chi connectivity index (χ3v) is 3.98. The lowest BCUT2D eigenvalue weighted by Crippen LogP contribution is -2.54.